The highest BCUT2D eigenvalue weighted by Crippen LogP contribution is 2.25. The monoisotopic (exact) mass is 300 g/mol. The van der Waals surface area contributed by atoms with Crippen LogP contribution < -0.4 is 20.7 Å². The van der Waals surface area contributed by atoms with E-state index in [0.717, 1.165) is 0 Å². The molecule has 0 fully saturated rings. The van der Waals surface area contributed by atoms with Gasteiger partial charge in [0.2, 0.25) is 15.9 Å². The lowest BCUT2D eigenvalue weighted by Crippen LogP contribution is -2.27. The van der Waals surface area contributed by atoms with Crippen molar-refractivity contribution >= 4 is 27.3 Å². The maximum atomic E-state index is 11.8. The van der Waals surface area contributed by atoms with E-state index in [9.17, 15) is 13.2 Å². The minimum absolute atomic E-state index is 0.0885. The van der Waals surface area contributed by atoms with Crippen LogP contribution in [0, 0.1) is 0 Å². The molecule has 0 radical (unpaired) electrons. The first-order valence-corrected chi connectivity index (χ1v) is 7.55. The van der Waals surface area contributed by atoms with Crippen LogP contribution in [-0.4, -0.2) is 42.0 Å². The van der Waals surface area contributed by atoms with Crippen LogP contribution in [0.3, 0.4) is 0 Å². The predicted octanol–water partition coefficient (Wildman–Crippen LogP) is -0.251. The molecule has 0 aromatic heterocycles. The predicted molar refractivity (Wildman–Crippen MR) is 79.1 cm³/mol. The number of nitrogens with one attached hydrogen (secondary N) is 2. The number of carbonyl (C=O) groups is 1. The molecular weight excluding hydrogens is 280 g/mol. The summed E-state index contributed by atoms with van der Waals surface area (Å²) in [6.45, 7) is 0.437. The van der Waals surface area contributed by atoms with Crippen LogP contribution in [0.4, 0.5) is 11.4 Å². The number of anilines is 2. The first-order chi connectivity index (χ1) is 9.31. The normalized spacial score (nSPS) is 11.2. The summed E-state index contributed by atoms with van der Waals surface area (Å²) in [6, 6.07) is 4.47. The highest BCUT2D eigenvalue weighted by atomic mass is 32.2. The minimum Gasteiger partial charge on any atom is -0.397 e. The van der Waals surface area contributed by atoms with Gasteiger partial charge in [0.25, 0.3) is 0 Å². The van der Waals surface area contributed by atoms with Crippen molar-refractivity contribution in [2.24, 2.45) is 0 Å². The van der Waals surface area contributed by atoms with Crippen molar-refractivity contribution < 1.29 is 13.2 Å². The van der Waals surface area contributed by atoms with Crippen molar-refractivity contribution in [3.8, 4) is 0 Å². The van der Waals surface area contributed by atoms with E-state index in [0.29, 0.717) is 24.3 Å². The van der Waals surface area contributed by atoms with Gasteiger partial charge in [-0.15, -0.1) is 0 Å². The molecule has 0 unspecified atom stereocenters. The molecule has 0 bridgehead atoms. The van der Waals surface area contributed by atoms with E-state index in [2.05, 4.69) is 10.0 Å². The summed E-state index contributed by atoms with van der Waals surface area (Å²) < 4.78 is 25.8. The zero-order chi connectivity index (χ0) is 15.3. The quantitative estimate of drug-likeness (QED) is 0.628. The molecule has 4 N–H and O–H groups in total. The molecule has 8 heteroatoms. The van der Waals surface area contributed by atoms with Crippen molar-refractivity contribution in [1.29, 1.82) is 0 Å². The van der Waals surface area contributed by atoms with Gasteiger partial charge in [0.1, 0.15) is 0 Å². The molecule has 0 aliphatic rings. The van der Waals surface area contributed by atoms with Gasteiger partial charge in [-0.2, -0.15) is 0 Å². The van der Waals surface area contributed by atoms with Gasteiger partial charge in [-0.25, -0.2) is 13.1 Å². The maximum Gasteiger partial charge on any atom is 0.240 e. The van der Waals surface area contributed by atoms with Crippen LogP contribution >= 0.6 is 0 Å². The van der Waals surface area contributed by atoms with Crippen LogP contribution in [0.1, 0.15) is 6.42 Å². The van der Waals surface area contributed by atoms with Gasteiger partial charge in [-0.05, 0) is 25.2 Å². The van der Waals surface area contributed by atoms with E-state index in [1.807, 2.05) is 0 Å². The first-order valence-electron chi connectivity index (χ1n) is 6.06. The van der Waals surface area contributed by atoms with Gasteiger partial charge in [0, 0.05) is 27.1 Å². The Morgan fingerprint density at radius 1 is 1.35 bits per heavy atom. The summed E-state index contributed by atoms with van der Waals surface area (Å²) in [7, 11) is 1.15. The molecule has 0 saturated heterocycles. The largest absolute Gasteiger partial charge is 0.397 e. The van der Waals surface area contributed by atoms with Gasteiger partial charge < -0.3 is 16.0 Å². The fraction of sp³-hybridized carbons (Fsp3) is 0.417. The Morgan fingerprint density at radius 2 is 2.00 bits per heavy atom. The van der Waals surface area contributed by atoms with Gasteiger partial charge >= 0.3 is 0 Å². The van der Waals surface area contributed by atoms with Crippen molar-refractivity contribution in [3.05, 3.63) is 18.2 Å². The second-order valence-electron chi connectivity index (χ2n) is 4.27. The number of hydrogen-bond donors (Lipinski definition) is 3. The summed E-state index contributed by atoms with van der Waals surface area (Å²) >= 11 is 0. The molecule has 20 heavy (non-hydrogen) atoms. The lowest BCUT2D eigenvalue weighted by Gasteiger charge is -2.21. The lowest BCUT2D eigenvalue weighted by molar-refractivity contribution is -0.120. The van der Waals surface area contributed by atoms with Gasteiger partial charge in [0.15, 0.2) is 0 Å². The molecule has 112 valence electrons. The Hall–Kier alpha value is -1.80. The Kier molecular flexibility index (Phi) is 5.34. The number of nitrogens with zero attached hydrogens (tertiary/aromatic N) is 1. The van der Waals surface area contributed by atoms with Crippen LogP contribution in [0.25, 0.3) is 0 Å². The molecule has 0 aliphatic heterocycles. The molecule has 1 aromatic carbocycles. The molecule has 0 spiro atoms. The standard InChI is InChI=1S/C12H20N4O3S/c1-14-12(17)6-7-16(3)11-8-9(4-5-10(11)13)20(18,19)15-2/h4-5,8,15H,6-7,13H2,1-3H3,(H,14,17). The molecule has 1 aromatic rings. The summed E-state index contributed by atoms with van der Waals surface area (Å²) in [4.78, 5) is 13.1. The minimum atomic E-state index is -3.52. The molecule has 0 heterocycles. The van der Waals surface area contributed by atoms with Crippen LogP contribution in [0.5, 0.6) is 0 Å². The second-order valence-corrected chi connectivity index (χ2v) is 6.16. The van der Waals surface area contributed by atoms with Crippen molar-refractivity contribution in [1.82, 2.24) is 10.0 Å². The van der Waals surface area contributed by atoms with Gasteiger partial charge in [0.05, 0.1) is 16.3 Å². The molecular formula is C12H20N4O3S. The third-order valence-corrected chi connectivity index (χ3v) is 4.36. The molecule has 1 amide bonds. The Labute approximate surface area is 119 Å². The lowest BCUT2D eigenvalue weighted by atomic mass is 10.2. The number of sulfonamides is 1. The van der Waals surface area contributed by atoms with E-state index >= 15 is 0 Å². The zero-order valence-electron chi connectivity index (χ0n) is 11.8. The molecule has 0 aliphatic carbocycles. The van der Waals surface area contributed by atoms with Crippen LogP contribution in [0.15, 0.2) is 23.1 Å². The van der Waals surface area contributed by atoms with Crippen molar-refractivity contribution in [2.75, 3.05) is 38.3 Å². The molecule has 7 nitrogen and oxygen atoms in total. The summed E-state index contributed by atoms with van der Waals surface area (Å²) in [5.41, 5.74) is 6.89. The van der Waals surface area contributed by atoms with Crippen molar-refractivity contribution in [3.63, 3.8) is 0 Å². The van der Waals surface area contributed by atoms with Crippen molar-refractivity contribution in [2.45, 2.75) is 11.3 Å². The summed E-state index contributed by atoms with van der Waals surface area (Å²) in [5, 5.41) is 2.53. The Bertz CT molecular complexity index is 586. The van der Waals surface area contributed by atoms with E-state index in [-0.39, 0.29) is 10.8 Å². The maximum absolute atomic E-state index is 11.8. The van der Waals surface area contributed by atoms with Crippen LogP contribution in [0.2, 0.25) is 0 Å². The Morgan fingerprint density at radius 3 is 2.55 bits per heavy atom. The second kappa shape index (κ2) is 6.58. The molecule has 0 saturated carbocycles. The fourth-order valence-electron chi connectivity index (χ4n) is 1.65. The topological polar surface area (TPSA) is 105 Å². The number of rotatable bonds is 6. The third-order valence-electron chi connectivity index (χ3n) is 2.95. The summed E-state index contributed by atoms with van der Waals surface area (Å²) in [6.07, 6.45) is 0.301. The van der Waals surface area contributed by atoms with E-state index in [4.69, 9.17) is 5.73 Å². The zero-order valence-corrected chi connectivity index (χ0v) is 12.6. The summed E-state index contributed by atoms with van der Waals surface area (Å²) in [5.74, 6) is -0.0885. The first kappa shape index (κ1) is 16.3. The highest BCUT2D eigenvalue weighted by molar-refractivity contribution is 7.89. The number of amides is 1. The van der Waals surface area contributed by atoms with E-state index in [1.165, 1.54) is 25.2 Å². The van der Waals surface area contributed by atoms with Crippen LogP contribution in [-0.2, 0) is 14.8 Å². The van der Waals surface area contributed by atoms with E-state index < -0.39 is 10.0 Å². The van der Waals surface area contributed by atoms with E-state index in [1.54, 1.807) is 19.0 Å². The number of carbonyl (C=O) groups excluding carboxylic acids is 1. The third kappa shape index (κ3) is 3.84. The number of hydrogen-bond acceptors (Lipinski definition) is 5. The molecule has 1 rings (SSSR count). The van der Waals surface area contributed by atoms with Gasteiger partial charge in [-0.3, -0.25) is 4.79 Å². The number of nitrogens with two attached hydrogens (primary N) is 1. The fourth-order valence-corrected chi connectivity index (χ4v) is 2.40. The SMILES string of the molecule is CNC(=O)CCN(C)c1cc(S(=O)(=O)NC)ccc1N. The number of benzene rings is 1. The van der Waals surface area contributed by atoms with Gasteiger partial charge in [-0.1, -0.05) is 0 Å². The smallest absolute Gasteiger partial charge is 0.240 e. The average Bonchev–Trinajstić information content (AvgIpc) is 2.44. The Balaban J connectivity index is 3.00. The average molecular weight is 300 g/mol. The molecule has 0 atom stereocenters. The highest BCUT2D eigenvalue weighted by Gasteiger charge is 2.15. The number of nitrogen functional groups attached to an aromatic ring is 1.